The molecule has 116 valence electrons. The Kier molecular flexibility index (Phi) is 4.62. The van der Waals surface area contributed by atoms with Gasteiger partial charge in [0, 0.05) is 19.6 Å². The summed E-state index contributed by atoms with van der Waals surface area (Å²) in [5.41, 5.74) is -1.27. The molecule has 7 nitrogen and oxygen atoms in total. The molecule has 21 heavy (non-hydrogen) atoms. The average molecular weight is 315 g/mol. The van der Waals surface area contributed by atoms with Gasteiger partial charge in [-0.25, -0.2) is 17.9 Å². The predicted molar refractivity (Wildman–Crippen MR) is 73.4 cm³/mol. The Bertz CT molecular complexity index is 621. The van der Waals surface area contributed by atoms with Crippen LogP contribution in [0.1, 0.15) is 16.8 Å². The number of nitrogens with one attached hydrogen (secondary N) is 1. The monoisotopic (exact) mass is 315 g/mol. The largest absolute Gasteiger partial charge is 0.465 e. The van der Waals surface area contributed by atoms with Gasteiger partial charge in [-0.3, -0.25) is 0 Å². The smallest absolute Gasteiger partial charge is 0.339 e. The van der Waals surface area contributed by atoms with Gasteiger partial charge in [-0.05, 0) is 12.1 Å². The molecule has 0 amide bonds. The number of hydrogen-bond donors (Lipinski definition) is 2. The number of esters is 1. The van der Waals surface area contributed by atoms with E-state index >= 15 is 0 Å². The molecule has 0 spiro atoms. The molecule has 2 N–H and O–H groups in total. The van der Waals surface area contributed by atoms with E-state index in [9.17, 15) is 18.3 Å². The van der Waals surface area contributed by atoms with Crippen LogP contribution in [-0.2, 0) is 19.5 Å². The minimum Gasteiger partial charge on any atom is -0.465 e. The molecule has 1 aromatic carbocycles. The third kappa shape index (κ3) is 3.59. The SMILES string of the molecule is COC(=O)c1ccccc1S(=O)(=O)NCC1(O)CCOC1. The number of rotatable bonds is 5. The zero-order chi connectivity index (χ0) is 15.5. The minimum absolute atomic E-state index is 0.0536. The van der Waals surface area contributed by atoms with E-state index < -0.39 is 21.6 Å². The quantitative estimate of drug-likeness (QED) is 0.736. The minimum atomic E-state index is -3.94. The van der Waals surface area contributed by atoms with Crippen LogP contribution in [0.3, 0.4) is 0 Å². The van der Waals surface area contributed by atoms with Crippen LogP contribution in [0.25, 0.3) is 0 Å². The van der Waals surface area contributed by atoms with Gasteiger partial charge in [0.25, 0.3) is 0 Å². The lowest BCUT2D eigenvalue weighted by atomic mass is 10.1. The molecule has 0 saturated carbocycles. The Balaban J connectivity index is 2.22. The van der Waals surface area contributed by atoms with Crippen LogP contribution in [0, 0.1) is 0 Å². The first-order chi connectivity index (χ1) is 9.88. The molecule has 1 atom stereocenters. The standard InChI is InChI=1S/C13H17NO6S/c1-19-12(15)10-4-2-3-5-11(10)21(17,18)14-8-13(16)6-7-20-9-13/h2-5,14,16H,6-9H2,1H3. The second-order valence-corrected chi connectivity index (χ2v) is 6.57. The van der Waals surface area contributed by atoms with Crippen molar-refractivity contribution in [3.05, 3.63) is 29.8 Å². The van der Waals surface area contributed by atoms with Crippen LogP contribution < -0.4 is 4.72 Å². The summed E-state index contributed by atoms with van der Waals surface area (Å²) in [5.74, 6) is -0.737. The van der Waals surface area contributed by atoms with Crippen LogP contribution in [-0.4, -0.2) is 52.0 Å². The summed E-state index contributed by atoms with van der Waals surface area (Å²) in [6.07, 6.45) is 0.355. The molecule has 0 aliphatic carbocycles. The molecular weight excluding hydrogens is 298 g/mol. The maximum atomic E-state index is 12.3. The summed E-state index contributed by atoms with van der Waals surface area (Å²) in [5, 5.41) is 10.1. The Morgan fingerprint density at radius 2 is 2.19 bits per heavy atom. The highest BCUT2D eigenvalue weighted by atomic mass is 32.2. The lowest BCUT2D eigenvalue weighted by Crippen LogP contribution is -2.43. The molecule has 1 fully saturated rings. The van der Waals surface area contributed by atoms with Crippen molar-refractivity contribution in [2.24, 2.45) is 0 Å². The molecule has 1 aliphatic heterocycles. The van der Waals surface area contributed by atoms with Gasteiger partial charge < -0.3 is 14.6 Å². The molecular formula is C13H17NO6S. The van der Waals surface area contributed by atoms with Gasteiger partial charge in [-0.2, -0.15) is 0 Å². The van der Waals surface area contributed by atoms with Crippen molar-refractivity contribution in [2.45, 2.75) is 16.9 Å². The number of aliphatic hydroxyl groups is 1. The van der Waals surface area contributed by atoms with Crippen LogP contribution >= 0.6 is 0 Å². The summed E-state index contributed by atoms with van der Waals surface area (Å²) in [6.45, 7) is 0.288. The maximum absolute atomic E-state index is 12.3. The second kappa shape index (κ2) is 6.10. The van der Waals surface area contributed by atoms with Gasteiger partial charge in [-0.15, -0.1) is 0 Å². The van der Waals surface area contributed by atoms with Crippen molar-refractivity contribution in [1.82, 2.24) is 4.72 Å². The summed E-state index contributed by atoms with van der Waals surface area (Å²) >= 11 is 0. The average Bonchev–Trinajstić information content (AvgIpc) is 2.92. The first kappa shape index (κ1) is 15.9. The molecule has 1 aromatic rings. The number of ether oxygens (including phenoxy) is 2. The fraction of sp³-hybridized carbons (Fsp3) is 0.462. The van der Waals surface area contributed by atoms with Gasteiger partial charge in [0.1, 0.15) is 5.60 Å². The van der Waals surface area contributed by atoms with Crippen LogP contribution in [0.15, 0.2) is 29.2 Å². The summed E-state index contributed by atoms with van der Waals surface area (Å²) < 4.78 is 36.5. The van der Waals surface area contributed by atoms with E-state index in [4.69, 9.17) is 4.74 Å². The van der Waals surface area contributed by atoms with Crippen LogP contribution in [0.5, 0.6) is 0 Å². The van der Waals surface area contributed by atoms with Gasteiger partial charge in [0.05, 0.1) is 24.2 Å². The Morgan fingerprint density at radius 1 is 1.48 bits per heavy atom. The first-order valence-corrected chi connectivity index (χ1v) is 7.83. The van der Waals surface area contributed by atoms with E-state index in [1.165, 1.54) is 25.3 Å². The first-order valence-electron chi connectivity index (χ1n) is 6.35. The molecule has 1 saturated heterocycles. The van der Waals surface area contributed by atoms with Crippen LogP contribution in [0.4, 0.5) is 0 Å². The molecule has 0 bridgehead atoms. The summed E-state index contributed by atoms with van der Waals surface area (Å²) in [6, 6.07) is 5.73. The molecule has 0 radical (unpaired) electrons. The summed E-state index contributed by atoms with van der Waals surface area (Å²) in [7, 11) is -2.76. The fourth-order valence-electron chi connectivity index (χ4n) is 2.02. The Hall–Kier alpha value is -1.48. The summed E-state index contributed by atoms with van der Waals surface area (Å²) in [4.78, 5) is 11.4. The second-order valence-electron chi connectivity index (χ2n) is 4.84. The third-order valence-electron chi connectivity index (χ3n) is 3.26. The molecule has 1 aliphatic rings. The van der Waals surface area contributed by atoms with Crippen molar-refractivity contribution in [1.29, 1.82) is 0 Å². The van der Waals surface area contributed by atoms with Crippen molar-refractivity contribution in [3.63, 3.8) is 0 Å². The topological polar surface area (TPSA) is 102 Å². The Labute approximate surface area is 122 Å². The highest BCUT2D eigenvalue weighted by Crippen LogP contribution is 2.20. The van der Waals surface area contributed by atoms with Crippen LogP contribution in [0.2, 0.25) is 0 Å². The number of sulfonamides is 1. The molecule has 2 rings (SSSR count). The zero-order valence-corrected chi connectivity index (χ0v) is 12.4. The van der Waals surface area contributed by atoms with E-state index in [0.29, 0.717) is 13.0 Å². The molecule has 1 unspecified atom stereocenters. The van der Waals surface area contributed by atoms with E-state index in [2.05, 4.69) is 9.46 Å². The number of benzene rings is 1. The number of methoxy groups -OCH3 is 1. The number of carbonyl (C=O) groups excluding carboxylic acids is 1. The van der Waals surface area contributed by atoms with Crippen molar-refractivity contribution in [3.8, 4) is 0 Å². The van der Waals surface area contributed by atoms with E-state index in [1.807, 2.05) is 0 Å². The van der Waals surface area contributed by atoms with E-state index in [0.717, 1.165) is 0 Å². The predicted octanol–water partition coefficient (Wildman–Crippen LogP) is -0.0971. The maximum Gasteiger partial charge on any atom is 0.339 e. The van der Waals surface area contributed by atoms with Crippen molar-refractivity contribution >= 4 is 16.0 Å². The third-order valence-corrected chi connectivity index (χ3v) is 4.72. The number of carbonyl (C=O) groups is 1. The number of hydrogen-bond acceptors (Lipinski definition) is 6. The van der Waals surface area contributed by atoms with Gasteiger partial charge in [0.15, 0.2) is 0 Å². The molecule has 0 aromatic heterocycles. The highest BCUT2D eigenvalue weighted by molar-refractivity contribution is 7.89. The molecule has 1 heterocycles. The van der Waals surface area contributed by atoms with Gasteiger partial charge in [0.2, 0.25) is 10.0 Å². The lowest BCUT2D eigenvalue weighted by Gasteiger charge is -2.21. The lowest BCUT2D eigenvalue weighted by molar-refractivity contribution is 0.0314. The normalized spacial score (nSPS) is 22.2. The molecule has 8 heteroatoms. The highest BCUT2D eigenvalue weighted by Gasteiger charge is 2.34. The Morgan fingerprint density at radius 3 is 2.81 bits per heavy atom. The van der Waals surface area contributed by atoms with Crippen molar-refractivity contribution < 1.29 is 27.8 Å². The van der Waals surface area contributed by atoms with Gasteiger partial charge in [-0.1, -0.05) is 12.1 Å². The van der Waals surface area contributed by atoms with E-state index in [-0.39, 0.29) is 23.6 Å². The zero-order valence-electron chi connectivity index (χ0n) is 11.5. The van der Waals surface area contributed by atoms with Gasteiger partial charge >= 0.3 is 5.97 Å². The van der Waals surface area contributed by atoms with E-state index in [1.54, 1.807) is 6.07 Å². The fourth-order valence-corrected chi connectivity index (χ4v) is 3.34. The van der Waals surface area contributed by atoms with Crippen molar-refractivity contribution in [2.75, 3.05) is 26.9 Å².